The Bertz CT molecular complexity index is 380. The van der Waals surface area contributed by atoms with Crippen molar-refractivity contribution in [2.75, 3.05) is 13.1 Å². The van der Waals surface area contributed by atoms with Crippen LogP contribution in [-0.2, 0) is 15.8 Å². The third kappa shape index (κ3) is 3.24. The monoisotopic (exact) mass is 232 g/mol. The first-order chi connectivity index (χ1) is 8.29. The summed E-state index contributed by atoms with van der Waals surface area (Å²) in [7, 11) is 0. The van der Waals surface area contributed by atoms with Gasteiger partial charge in [0, 0.05) is 11.3 Å². The molecule has 0 saturated carbocycles. The molecule has 0 bridgehead atoms. The highest BCUT2D eigenvalue weighted by Crippen LogP contribution is 2.19. The summed E-state index contributed by atoms with van der Waals surface area (Å²) in [5.74, 6) is -0.121. The number of carbonyl (C=O) groups excluding carboxylic acids is 2. The lowest BCUT2D eigenvalue weighted by Gasteiger charge is -2.28. The summed E-state index contributed by atoms with van der Waals surface area (Å²) in [5.41, 5.74) is 1.32. The Balaban J connectivity index is 1.83. The first-order valence-electron chi connectivity index (χ1n) is 6.02. The third-order valence-corrected chi connectivity index (χ3v) is 3.31. The SMILES string of the molecule is C=[O+]C(=O)C1CCN(Cc2ccccc2)CC1. The van der Waals surface area contributed by atoms with Gasteiger partial charge in [0.1, 0.15) is 5.92 Å². The predicted molar refractivity (Wildman–Crippen MR) is 66.6 cm³/mol. The van der Waals surface area contributed by atoms with Gasteiger partial charge in [0.05, 0.1) is 0 Å². The molecule has 1 aliphatic heterocycles. The maximum atomic E-state index is 11.3. The van der Waals surface area contributed by atoms with Crippen LogP contribution in [0.15, 0.2) is 30.3 Å². The van der Waals surface area contributed by atoms with E-state index in [1.165, 1.54) is 5.56 Å². The summed E-state index contributed by atoms with van der Waals surface area (Å²) in [5, 5.41) is 0. The molecule has 1 saturated heterocycles. The molecular weight excluding hydrogens is 214 g/mol. The fourth-order valence-electron chi connectivity index (χ4n) is 2.29. The molecule has 1 aromatic rings. The van der Waals surface area contributed by atoms with Crippen molar-refractivity contribution in [3.63, 3.8) is 0 Å². The Morgan fingerprint density at radius 1 is 1.29 bits per heavy atom. The Kier molecular flexibility index (Phi) is 4.04. The van der Waals surface area contributed by atoms with Crippen LogP contribution in [0.4, 0.5) is 0 Å². The second kappa shape index (κ2) is 5.73. The van der Waals surface area contributed by atoms with Crippen LogP contribution in [-0.4, -0.2) is 30.7 Å². The third-order valence-electron chi connectivity index (χ3n) is 3.31. The maximum Gasteiger partial charge on any atom is 0.582 e. The summed E-state index contributed by atoms with van der Waals surface area (Å²) in [6.07, 6.45) is 1.75. The van der Waals surface area contributed by atoms with Gasteiger partial charge in [-0.3, -0.25) is 9.32 Å². The second-order valence-electron chi connectivity index (χ2n) is 4.50. The molecule has 0 amide bonds. The van der Waals surface area contributed by atoms with Crippen molar-refractivity contribution in [1.29, 1.82) is 0 Å². The van der Waals surface area contributed by atoms with Gasteiger partial charge in [0.25, 0.3) is 0 Å². The molecule has 3 heteroatoms. The smallest absolute Gasteiger partial charge is 0.299 e. The zero-order valence-corrected chi connectivity index (χ0v) is 9.97. The van der Waals surface area contributed by atoms with Crippen LogP contribution in [0.1, 0.15) is 18.4 Å². The van der Waals surface area contributed by atoms with Gasteiger partial charge in [-0.15, -0.1) is 0 Å². The summed E-state index contributed by atoms with van der Waals surface area (Å²) in [6.45, 7) is 6.06. The molecule has 0 N–H and O–H groups in total. The summed E-state index contributed by atoms with van der Waals surface area (Å²) in [6, 6.07) is 10.4. The van der Waals surface area contributed by atoms with E-state index in [2.05, 4.69) is 40.4 Å². The summed E-state index contributed by atoms with van der Waals surface area (Å²) in [4.78, 5) is 13.7. The van der Waals surface area contributed by atoms with E-state index in [9.17, 15) is 4.79 Å². The van der Waals surface area contributed by atoms with Gasteiger partial charge >= 0.3 is 5.97 Å². The molecule has 0 spiro atoms. The van der Waals surface area contributed by atoms with Gasteiger partial charge in [-0.05, 0) is 31.5 Å². The number of likely N-dealkylation sites (tertiary alicyclic amines) is 1. The minimum Gasteiger partial charge on any atom is -0.299 e. The molecule has 3 nitrogen and oxygen atoms in total. The van der Waals surface area contributed by atoms with E-state index < -0.39 is 0 Å². The standard InChI is InChI=1S/C14H18NO2/c1-17-14(16)13-7-9-15(10-8-13)11-12-5-3-2-4-6-12/h2-6,13H,1,7-11H2/q+1. The van der Waals surface area contributed by atoms with Gasteiger partial charge in [-0.2, -0.15) is 0 Å². The Morgan fingerprint density at radius 2 is 1.94 bits per heavy atom. The Labute approximate surface area is 102 Å². The number of piperidine rings is 1. The van der Waals surface area contributed by atoms with Crippen molar-refractivity contribution >= 4 is 12.8 Å². The number of benzene rings is 1. The van der Waals surface area contributed by atoms with E-state index in [1.807, 2.05) is 6.07 Å². The van der Waals surface area contributed by atoms with Crippen molar-refractivity contribution in [1.82, 2.24) is 4.90 Å². The molecule has 0 aliphatic carbocycles. The van der Waals surface area contributed by atoms with E-state index in [-0.39, 0.29) is 11.9 Å². The van der Waals surface area contributed by atoms with Crippen molar-refractivity contribution in [3.05, 3.63) is 35.9 Å². The van der Waals surface area contributed by atoms with Crippen molar-refractivity contribution in [2.24, 2.45) is 5.92 Å². The topological polar surface area (TPSA) is 31.6 Å². The molecular formula is C14H18NO2+. The van der Waals surface area contributed by atoms with Crippen LogP contribution in [0.25, 0.3) is 0 Å². The highest BCUT2D eigenvalue weighted by molar-refractivity contribution is 5.69. The van der Waals surface area contributed by atoms with E-state index in [4.69, 9.17) is 0 Å². The van der Waals surface area contributed by atoms with Gasteiger partial charge in [-0.25, -0.2) is 0 Å². The number of hydrogen-bond donors (Lipinski definition) is 0. The molecule has 2 rings (SSSR count). The van der Waals surface area contributed by atoms with Crippen LogP contribution < -0.4 is 0 Å². The highest BCUT2D eigenvalue weighted by atomic mass is 16.4. The maximum absolute atomic E-state index is 11.3. The molecule has 1 fully saturated rings. The van der Waals surface area contributed by atoms with Gasteiger partial charge in [0.2, 0.25) is 0 Å². The fourth-order valence-corrected chi connectivity index (χ4v) is 2.29. The average Bonchev–Trinajstić information content (AvgIpc) is 2.40. The molecule has 0 aromatic heterocycles. The van der Waals surface area contributed by atoms with Crippen molar-refractivity contribution in [3.8, 4) is 0 Å². The lowest BCUT2D eigenvalue weighted by molar-refractivity contribution is -0.374. The van der Waals surface area contributed by atoms with Crippen LogP contribution in [0.3, 0.4) is 0 Å². The second-order valence-corrected chi connectivity index (χ2v) is 4.50. The van der Waals surface area contributed by atoms with Gasteiger partial charge in [-0.1, -0.05) is 30.3 Å². The lowest BCUT2D eigenvalue weighted by Crippen LogP contribution is -2.35. The van der Waals surface area contributed by atoms with Crippen LogP contribution in [0.2, 0.25) is 0 Å². The van der Waals surface area contributed by atoms with E-state index in [1.54, 1.807) is 0 Å². The lowest BCUT2D eigenvalue weighted by atomic mass is 9.97. The van der Waals surface area contributed by atoms with Crippen molar-refractivity contribution in [2.45, 2.75) is 19.4 Å². The van der Waals surface area contributed by atoms with Crippen molar-refractivity contribution < 1.29 is 9.22 Å². The number of rotatable bonds is 3. The largest absolute Gasteiger partial charge is 0.582 e. The van der Waals surface area contributed by atoms with E-state index in [0.29, 0.717) is 0 Å². The number of nitrogens with zero attached hydrogens (tertiary/aromatic N) is 1. The van der Waals surface area contributed by atoms with Crippen LogP contribution in [0.5, 0.6) is 0 Å². The zero-order chi connectivity index (χ0) is 12.1. The molecule has 90 valence electrons. The van der Waals surface area contributed by atoms with Crippen LogP contribution in [0, 0.1) is 5.92 Å². The molecule has 0 unspecified atom stereocenters. The minimum absolute atomic E-state index is 0.0412. The average molecular weight is 232 g/mol. The molecule has 1 aliphatic rings. The molecule has 1 heterocycles. The quantitative estimate of drug-likeness (QED) is 0.744. The summed E-state index contributed by atoms with van der Waals surface area (Å²) < 4.78 is 4.54. The van der Waals surface area contributed by atoms with Crippen LogP contribution >= 0.6 is 0 Å². The first-order valence-corrected chi connectivity index (χ1v) is 6.02. The van der Waals surface area contributed by atoms with E-state index >= 15 is 0 Å². The molecule has 0 radical (unpaired) electrons. The first kappa shape index (κ1) is 12.0. The molecule has 1 aromatic carbocycles. The van der Waals surface area contributed by atoms with Gasteiger partial charge < -0.3 is 0 Å². The predicted octanol–water partition coefficient (Wildman–Crippen LogP) is 1.79. The van der Waals surface area contributed by atoms with E-state index in [0.717, 1.165) is 32.5 Å². The summed E-state index contributed by atoms with van der Waals surface area (Å²) >= 11 is 0. The minimum atomic E-state index is -0.163. The number of carbonyl (C=O) groups is 1. The van der Waals surface area contributed by atoms with Gasteiger partial charge in [0.15, 0.2) is 6.79 Å². The number of hydrogen-bond acceptors (Lipinski definition) is 2. The normalized spacial score (nSPS) is 17.9. The highest BCUT2D eigenvalue weighted by Gasteiger charge is 2.32. The fraction of sp³-hybridized carbons (Fsp3) is 0.429. The molecule has 17 heavy (non-hydrogen) atoms. The Morgan fingerprint density at radius 3 is 2.53 bits per heavy atom. The Hall–Kier alpha value is -1.48. The molecule has 0 atom stereocenters. The zero-order valence-electron chi connectivity index (χ0n) is 9.97.